The van der Waals surface area contributed by atoms with E-state index in [9.17, 15) is 9.59 Å². The summed E-state index contributed by atoms with van der Waals surface area (Å²) in [5.74, 6) is 2.86. The van der Waals surface area contributed by atoms with E-state index in [0.717, 1.165) is 35.0 Å². The van der Waals surface area contributed by atoms with E-state index in [-0.39, 0.29) is 17.7 Å². The van der Waals surface area contributed by atoms with Crippen LogP contribution in [0.4, 0.5) is 0 Å². The number of nitrogens with zero attached hydrogens (tertiary/aromatic N) is 1. The van der Waals surface area contributed by atoms with E-state index < -0.39 is 0 Å². The number of furan rings is 1. The predicted octanol–water partition coefficient (Wildman–Crippen LogP) is 3.24. The Morgan fingerprint density at radius 2 is 2.12 bits per heavy atom. The van der Waals surface area contributed by atoms with Gasteiger partial charge in [-0.3, -0.25) is 9.59 Å². The van der Waals surface area contributed by atoms with Gasteiger partial charge in [0.05, 0.1) is 16.9 Å². The van der Waals surface area contributed by atoms with Gasteiger partial charge in [-0.15, -0.1) is 11.3 Å². The van der Waals surface area contributed by atoms with Gasteiger partial charge in [-0.1, -0.05) is 6.07 Å². The first-order valence-electron chi connectivity index (χ1n) is 8.44. The molecule has 1 aliphatic heterocycles. The van der Waals surface area contributed by atoms with Crippen molar-refractivity contribution in [3.05, 3.63) is 46.5 Å². The van der Waals surface area contributed by atoms with Crippen molar-refractivity contribution in [2.24, 2.45) is 5.92 Å². The molecule has 0 atom stereocenters. The molecule has 0 aromatic carbocycles. The lowest BCUT2D eigenvalue weighted by molar-refractivity contribution is -0.126. The van der Waals surface area contributed by atoms with Crippen LogP contribution in [0.5, 0.6) is 0 Å². The zero-order chi connectivity index (χ0) is 17.5. The van der Waals surface area contributed by atoms with Crippen LogP contribution in [-0.2, 0) is 10.5 Å². The van der Waals surface area contributed by atoms with Crippen molar-refractivity contribution in [1.82, 2.24) is 10.2 Å². The van der Waals surface area contributed by atoms with E-state index in [1.165, 1.54) is 11.3 Å². The highest BCUT2D eigenvalue weighted by Gasteiger charge is 2.27. The molecule has 134 valence electrons. The molecule has 7 heteroatoms. The van der Waals surface area contributed by atoms with Crippen LogP contribution in [0.1, 0.15) is 28.3 Å². The van der Waals surface area contributed by atoms with Crippen molar-refractivity contribution >= 4 is 34.9 Å². The Bertz CT molecular complexity index is 663. The molecule has 0 saturated carbocycles. The Kier molecular flexibility index (Phi) is 6.58. The normalized spacial score (nSPS) is 15.3. The van der Waals surface area contributed by atoms with Gasteiger partial charge in [-0.2, -0.15) is 11.8 Å². The van der Waals surface area contributed by atoms with Crippen LogP contribution in [0.15, 0.2) is 40.3 Å². The lowest BCUT2D eigenvalue weighted by Gasteiger charge is -2.31. The lowest BCUT2D eigenvalue weighted by atomic mass is 9.96. The summed E-state index contributed by atoms with van der Waals surface area (Å²) in [5, 5.41) is 4.93. The summed E-state index contributed by atoms with van der Waals surface area (Å²) in [7, 11) is 0. The zero-order valence-electron chi connectivity index (χ0n) is 14.0. The molecule has 25 heavy (non-hydrogen) atoms. The van der Waals surface area contributed by atoms with Crippen molar-refractivity contribution in [3.63, 3.8) is 0 Å². The van der Waals surface area contributed by atoms with E-state index in [1.54, 1.807) is 18.0 Å². The second-order valence-corrected chi connectivity index (χ2v) is 8.02. The first-order chi connectivity index (χ1) is 12.2. The summed E-state index contributed by atoms with van der Waals surface area (Å²) in [4.78, 5) is 27.2. The van der Waals surface area contributed by atoms with E-state index in [1.807, 2.05) is 34.5 Å². The van der Waals surface area contributed by atoms with Gasteiger partial charge in [-0.25, -0.2) is 0 Å². The summed E-state index contributed by atoms with van der Waals surface area (Å²) in [6.45, 7) is 1.97. The number of thioether (sulfide) groups is 1. The van der Waals surface area contributed by atoms with Crippen LogP contribution in [0.3, 0.4) is 0 Å². The second kappa shape index (κ2) is 9.10. The molecule has 0 spiro atoms. The van der Waals surface area contributed by atoms with E-state index in [2.05, 4.69) is 5.32 Å². The number of carbonyl (C=O) groups excluding carboxylic acids is 2. The maximum atomic E-state index is 12.3. The quantitative estimate of drug-likeness (QED) is 0.752. The molecule has 2 aromatic rings. The summed E-state index contributed by atoms with van der Waals surface area (Å²) in [6, 6.07) is 7.58. The van der Waals surface area contributed by atoms with Crippen molar-refractivity contribution in [2.75, 3.05) is 25.4 Å². The second-order valence-electron chi connectivity index (χ2n) is 5.97. The molecule has 2 aromatic heterocycles. The number of piperidine rings is 1. The summed E-state index contributed by atoms with van der Waals surface area (Å²) >= 11 is 3.21. The fraction of sp³-hybridized carbons (Fsp3) is 0.444. The molecule has 1 saturated heterocycles. The van der Waals surface area contributed by atoms with Gasteiger partial charge < -0.3 is 14.6 Å². The first-order valence-corrected chi connectivity index (χ1v) is 10.5. The van der Waals surface area contributed by atoms with Crippen LogP contribution < -0.4 is 5.32 Å². The van der Waals surface area contributed by atoms with Gasteiger partial charge in [0.2, 0.25) is 5.91 Å². The standard InChI is InChI=1S/C18H22N2O3S2/c21-17(19-7-12-24-13-15-3-1-10-23-15)14-5-8-20(9-6-14)18(22)16-4-2-11-25-16/h1-4,10-11,14H,5-9,12-13H2,(H,19,21). The highest BCUT2D eigenvalue weighted by Crippen LogP contribution is 2.21. The zero-order valence-corrected chi connectivity index (χ0v) is 15.6. The van der Waals surface area contributed by atoms with Gasteiger partial charge in [0.25, 0.3) is 5.91 Å². The monoisotopic (exact) mass is 378 g/mol. The van der Waals surface area contributed by atoms with Crippen molar-refractivity contribution in [1.29, 1.82) is 0 Å². The van der Waals surface area contributed by atoms with Gasteiger partial charge in [0.1, 0.15) is 5.76 Å². The lowest BCUT2D eigenvalue weighted by Crippen LogP contribution is -2.43. The molecule has 1 N–H and O–H groups in total. The minimum atomic E-state index is 0.0162. The highest BCUT2D eigenvalue weighted by atomic mass is 32.2. The number of nitrogens with one attached hydrogen (secondary N) is 1. The largest absolute Gasteiger partial charge is 0.468 e. The maximum Gasteiger partial charge on any atom is 0.263 e. The SMILES string of the molecule is O=C(NCCSCc1ccco1)C1CCN(C(=O)c2cccs2)CC1. The van der Waals surface area contributed by atoms with Gasteiger partial charge in [0.15, 0.2) is 0 Å². The van der Waals surface area contributed by atoms with Crippen LogP contribution in [-0.4, -0.2) is 42.1 Å². The van der Waals surface area contributed by atoms with Crippen LogP contribution in [0.2, 0.25) is 0 Å². The average molecular weight is 379 g/mol. The number of thiophene rings is 1. The smallest absolute Gasteiger partial charge is 0.263 e. The van der Waals surface area contributed by atoms with Gasteiger partial charge in [-0.05, 0) is 36.4 Å². The van der Waals surface area contributed by atoms with Crippen LogP contribution in [0.25, 0.3) is 0 Å². The fourth-order valence-corrected chi connectivity index (χ4v) is 4.31. The molecule has 0 unspecified atom stereocenters. The summed E-state index contributed by atoms with van der Waals surface area (Å²) in [6.07, 6.45) is 3.15. The van der Waals surface area contributed by atoms with Crippen LogP contribution >= 0.6 is 23.1 Å². The Labute approximate surface area is 155 Å². The minimum Gasteiger partial charge on any atom is -0.468 e. The first kappa shape index (κ1) is 18.1. The van der Waals surface area contributed by atoms with Crippen LogP contribution in [0, 0.1) is 5.92 Å². The molecule has 1 aliphatic rings. The molecule has 2 amide bonds. The maximum absolute atomic E-state index is 12.3. The third-order valence-corrected chi connectivity index (χ3v) is 6.09. The van der Waals surface area contributed by atoms with E-state index in [4.69, 9.17) is 4.42 Å². The third-order valence-electron chi connectivity index (χ3n) is 4.25. The summed E-state index contributed by atoms with van der Waals surface area (Å²) < 4.78 is 5.27. The van der Waals surface area contributed by atoms with Gasteiger partial charge in [0, 0.05) is 31.3 Å². The molecule has 0 bridgehead atoms. The number of rotatable bonds is 7. The number of hydrogen-bond acceptors (Lipinski definition) is 5. The number of amides is 2. The Morgan fingerprint density at radius 3 is 2.80 bits per heavy atom. The third kappa shape index (κ3) is 5.12. The van der Waals surface area contributed by atoms with E-state index >= 15 is 0 Å². The Hall–Kier alpha value is -1.73. The van der Waals surface area contributed by atoms with Crippen molar-refractivity contribution in [3.8, 4) is 0 Å². The Balaban J connectivity index is 1.32. The molecular formula is C18H22N2O3S2. The molecule has 5 nitrogen and oxygen atoms in total. The number of carbonyl (C=O) groups is 2. The van der Waals surface area contributed by atoms with Crippen molar-refractivity contribution in [2.45, 2.75) is 18.6 Å². The fourth-order valence-electron chi connectivity index (χ4n) is 2.86. The van der Waals surface area contributed by atoms with E-state index in [0.29, 0.717) is 19.6 Å². The molecular weight excluding hydrogens is 356 g/mol. The topological polar surface area (TPSA) is 62.6 Å². The summed E-state index contributed by atoms with van der Waals surface area (Å²) in [5.41, 5.74) is 0. The highest BCUT2D eigenvalue weighted by molar-refractivity contribution is 7.98. The Morgan fingerprint density at radius 1 is 1.28 bits per heavy atom. The molecule has 0 radical (unpaired) electrons. The van der Waals surface area contributed by atoms with Crippen molar-refractivity contribution < 1.29 is 14.0 Å². The average Bonchev–Trinajstić information content (AvgIpc) is 3.34. The molecule has 3 rings (SSSR count). The molecule has 0 aliphatic carbocycles. The minimum absolute atomic E-state index is 0.0162. The number of likely N-dealkylation sites (tertiary alicyclic amines) is 1. The number of hydrogen-bond donors (Lipinski definition) is 1. The molecule has 1 fully saturated rings. The predicted molar refractivity (Wildman–Crippen MR) is 101 cm³/mol. The van der Waals surface area contributed by atoms with Gasteiger partial charge >= 0.3 is 0 Å². The molecule has 3 heterocycles.